The summed E-state index contributed by atoms with van der Waals surface area (Å²) in [4.78, 5) is 27.2. The van der Waals surface area contributed by atoms with Gasteiger partial charge in [-0.1, -0.05) is 0 Å². The van der Waals surface area contributed by atoms with Gasteiger partial charge >= 0.3 is 6.09 Å². The van der Waals surface area contributed by atoms with Crippen LogP contribution in [0.5, 0.6) is 0 Å². The zero-order valence-electron chi connectivity index (χ0n) is 10.2. The zero-order valence-corrected chi connectivity index (χ0v) is 10.2. The fraction of sp³-hybridized carbons (Fsp3) is 0.500. The molecule has 1 aromatic rings. The Kier molecular flexibility index (Phi) is 2.69. The van der Waals surface area contributed by atoms with Crippen LogP contribution in [0.15, 0.2) is 17.1 Å². The molecule has 0 bridgehead atoms. The van der Waals surface area contributed by atoms with Crippen molar-refractivity contribution in [3.63, 3.8) is 0 Å². The number of hydrogen-bond acceptors (Lipinski definition) is 3. The van der Waals surface area contributed by atoms with Crippen LogP contribution >= 0.6 is 0 Å². The molecule has 1 aliphatic rings. The second-order valence-corrected chi connectivity index (χ2v) is 5.09. The molecule has 0 fully saturated rings. The maximum Gasteiger partial charge on any atom is 0.414 e. The molecule has 0 spiro atoms. The van der Waals surface area contributed by atoms with Crippen molar-refractivity contribution in [1.29, 1.82) is 0 Å². The van der Waals surface area contributed by atoms with Crippen molar-refractivity contribution >= 4 is 11.8 Å². The number of carbonyl (C=O) groups is 1. The second kappa shape index (κ2) is 3.91. The molecule has 0 aliphatic carbocycles. The third kappa shape index (κ3) is 2.49. The highest BCUT2D eigenvalue weighted by atomic mass is 16.6. The van der Waals surface area contributed by atoms with Crippen LogP contribution in [0.1, 0.15) is 26.3 Å². The Labute approximate surface area is 99.4 Å². The van der Waals surface area contributed by atoms with Gasteiger partial charge in [0.25, 0.3) is 0 Å². The van der Waals surface area contributed by atoms with Gasteiger partial charge in [0.2, 0.25) is 5.56 Å². The predicted octanol–water partition coefficient (Wildman–Crippen LogP) is 1.67. The van der Waals surface area contributed by atoms with Gasteiger partial charge in [-0.2, -0.15) is 0 Å². The molecule has 1 N–H and O–H groups in total. The van der Waals surface area contributed by atoms with Crippen molar-refractivity contribution in [2.45, 2.75) is 32.8 Å². The lowest BCUT2D eigenvalue weighted by atomic mass is 10.2. The summed E-state index contributed by atoms with van der Waals surface area (Å²) >= 11 is 0. The number of amides is 1. The van der Waals surface area contributed by atoms with Gasteiger partial charge < -0.3 is 9.72 Å². The highest BCUT2D eigenvalue weighted by Crippen LogP contribution is 2.27. The first-order chi connectivity index (χ1) is 7.87. The molecule has 0 radical (unpaired) electrons. The standard InChI is InChI=1S/C12H16N2O3/c1-12(2,3)17-11(16)14-5-4-8-6-10(15)13-7-9(8)14/h6-7H,4-5H2,1-3H3,(H,13,15). The van der Waals surface area contributed by atoms with E-state index in [0.717, 1.165) is 11.3 Å². The van der Waals surface area contributed by atoms with Gasteiger partial charge in [-0.3, -0.25) is 9.69 Å². The molecule has 1 amide bonds. The largest absolute Gasteiger partial charge is 0.443 e. The molecule has 0 atom stereocenters. The number of anilines is 1. The second-order valence-electron chi connectivity index (χ2n) is 5.09. The van der Waals surface area contributed by atoms with Crippen LogP contribution in [-0.2, 0) is 11.2 Å². The number of aromatic amines is 1. The lowest BCUT2D eigenvalue weighted by molar-refractivity contribution is 0.0584. The van der Waals surface area contributed by atoms with E-state index in [2.05, 4.69) is 4.98 Å². The molecule has 5 heteroatoms. The van der Waals surface area contributed by atoms with E-state index in [1.54, 1.807) is 11.1 Å². The molecule has 1 aliphatic heterocycles. The fourth-order valence-corrected chi connectivity index (χ4v) is 1.82. The van der Waals surface area contributed by atoms with Crippen molar-refractivity contribution in [2.24, 2.45) is 0 Å². The molecule has 0 saturated heterocycles. The molecule has 0 unspecified atom stereocenters. The Morgan fingerprint density at radius 1 is 1.47 bits per heavy atom. The van der Waals surface area contributed by atoms with Crippen molar-refractivity contribution in [2.75, 3.05) is 11.4 Å². The Hall–Kier alpha value is -1.78. The normalized spacial score (nSPS) is 14.6. The molecule has 0 saturated carbocycles. The Balaban J connectivity index is 2.22. The third-order valence-electron chi connectivity index (χ3n) is 2.49. The summed E-state index contributed by atoms with van der Waals surface area (Å²) in [6.07, 6.45) is 1.89. The van der Waals surface area contributed by atoms with Crippen LogP contribution in [0.2, 0.25) is 0 Å². The molecular formula is C12H16N2O3. The fourth-order valence-electron chi connectivity index (χ4n) is 1.82. The summed E-state index contributed by atoms with van der Waals surface area (Å²) in [6, 6.07) is 1.53. The number of pyridine rings is 1. The molecule has 5 nitrogen and oxygen atoms in total. The minimum Gasteiger partial charge on any atom is -0.443 e. The summed E-state index contributed by atoms with van der Waals surface area (Å²) in [6.45, 7) is 6.04. The number of fused-ring (bicyclic) bond motifs is 1. The van der Waals surface area contributed by atoms with Gasteiger partial charge in [0, 0.05) is 18.8 Å². The molecule has 92 valence electrons. The van der Waals surface area contributed by atoms with E-state index in [0.29, 0.717) is 13.0 Å². The van der Waals surface area contributed by atoms with Crippen LogP contribution in [-0.4, -0.2) is 23.2 Å². The van der Waals surface area contributed by atoms with Gasteiger partial charge in [-0.25, -0.2) is 4.79 Å². The van der Waals surface area contributed by atoms with Crippen LogP contribution in [0.4, 0.5) is 10.5 Å². The average molecular weight is 236 g/mol. The highest BCUT2D eigenvalue weighted by molar-refractivity contribution is 5.90. The maximum absolute atomic E-state index is 11.9. The van der Waals surface area contributed by atoms with Gasteiger partial charge in [0.05, 0.1) is 5.69 Å². The number of nitrogens with one attached hydrogen (secondary N) is 1. The first-order valence-electron chi connectivity index (χ1n) is 5.59. The van der Waals surface area contributed by atoms with Crippen molar-refractivity contribution < 1.29 is 9.53 Å². The Bertz CT molecular complexity index is 499. The summed E-state index contributed by atoms with van der Waals surface area (Å²) in [5.41, 5.74) is 0.968. The van der Waals surface area contributed by atoms with Gasteiger partial charge in [-0.05, 0) is 32.8 Å². The van der Waals surface area contributed by atoms with Gasteiger partial charge in [0.15, 0.2) is 0 Å². The summed E-state index contributed by atoms with van der Waals surface area (Å²) in [5.74, 6) is 0. The molecule has 1 aromatic heterocycles. The SMILES string of the molecule is CC(C)(C)OC(=O)N1CCc2cc(=O)[nH]cc21. The lowest BCUT2D eigenvalue weighted by Crippen LogP contribution is -2.35. The van der Waals surface area contributed by atoms with Crippen LogP contribution in [0, 0.1) is 0 Å². The zero-order chi connectivity index (χ0) is 12.6. The van der Waals surface area contributed by atoms with Gasteiger partial charge in [-0.15, -0.1) is 0 Å². The van der Waals surface area contributed by atoms with Crippen LogP contribution < -0.4 is 10.5 Å². The third-order valence-corrected chi connectivity index (χ3v) is 2.49. The van der Waals surface area contributed by atoms with E-state index in [1.807, 2.05) is 20.8 Å². The first-order valence-corrected chi connectivity index (χ1v) is 5.59. The molecule has 2 rings (SSSR count). The molecule has 2 heterocycles. The molecule has 17 heavy (non-hydrogen) atoms. The van der Waals surface area contributed by atoms with Crippen LogP contribution in [0.25, 0.3) is 0 Å². The number of aromatic nitrogens is 1. The van der Waals surface area contributed by atoms with Crippen molar-refractivity contribution in [3.05, 3.63) is 28.2 Å². The van der Waals surface area contributed by atoms with Gasteiger partial charge in [0.1, 0.15) is 5.60 Å². The number of H-pyrrole nitrogens is 1. The maximum atomic E-state index is 11.9. The minimum atomic E-state index is -0.512. The van der Waals surface area contributed by atoms with Crippen molar-refractivity contribution in [1.82, 2.24) is 4.98 Å². The summed E-state index contributed by atoms with van der Waals surface area (Å²) < 4.78 is 5.30. The molecule has 0 aromatic carbocycles. The number of hydrogen-bond donors (Lipinski definition) is 1. The molecular weight excluding hydrogens is 220 g/mol. The minimum absolute atomic E-state index is 0.144. The van der Waals surface area contributed by atoms with E-state index in [-0.39, 0.29) is 11.7 Å². The monoisotopic (exact) mass is 236 g/mol. The number of ether oxygens (including phenoxy) is 1. The highest BCUT2D eigenvalue weighted by Gasteiger charge is 2.28. The summed E-state index contributed by atoms with van der Waals surface area (Å²) in [5, 5.41) is 0. The predicted molar refractivity (Wildman–Crippen MR) is 64.3 cm³/mol. The topological polar surface area (TPSA) is 62.4 Å². The lowest BCUT2D eigenvalue weighted by Gasteiger charge is -2.24. The first kappa shape index (κ1) is 11.7. The quantitative estimate of drug-likeness (QED) is 0.745. The van der Waals surface area contributed by atoms with E-state index >= 15 is 0 Å². The Morgan fingerprint density at radius 2 is 2.18 bits per heavy atom. The van der Waals surface area contributed by atoms with E-state index in [4.69, 9.17) is 4.74 Å². The number of rotatable bonds is 0. The number of carbonyl (C=O) groups excluding carboxylic acids is 1. The van der Waals surface area contributed by atoms with Crippen molar-refractivity contribution in [3.8, 4) is 0 Å². The van der Waals surface area contributed by atoms with E-state index in [9.17, 15) is 9.59 Å². The van der Waals surface area contributed by atoms with E-state index in [1.165, 1.54) is 6.07 Å². The average Bonchev–Trinajstić information content (AvgIpc) is 2.57. The smallest absolute Gasteiger partial charge is 0.414 e. The van der Waals surface area contributed by atoms with E-state index < -0.39 is 5.60 Å². The number of nitrogens with zero attached hydrogens (tertiary/aromatic N) is 1. The Morgan fingerprint density at radius 3 is 2.82 bits per heavy atom. The van der Waals surface area contributed by atoms with Crippen LogP contribution in [0.3, 0.4) is 0 Å². The summed E-state index contributed by atoms with van der Waals surface area (Å²) in [7, 11) is 0.